The van der Waals surface area contributed by atoms with E-state index in [1.54, 1.807) is 0 Å². The van der Waals surface area contributed by atoms with Crippen LogP contribution in [0, 0.1) is 0 Å². The molecule has 0 spiro atoms. The molecule has 0 aliphatic carbocycles. The molecule has 5 nitrogen and oxygen atoms in total. The van der Waals surface area contributed by atoms with Crippen molar-refractivity contribution >= 4 is 31.0 Å². The molecular weight excluding hydrogens is 548 g/mol. The Morgan fingerprint density at radius 2 is 0.854 bits per heavy atom. The van der Waals surface area contributed by atoms with Crippen LogP contribution in [0.4, 0.5) is 5.69 Å². The van der Waals surface area contributed by atoms with Crippen LogP contribution in [0.1, 0.15) is 0 Å². The van der Waals surface area contributed by atoms with Crippen molar-refractivity contribution < 1.29 is 18.2 Å². The number of hydrogen-bond donors (Lipinski definition) is 0. The molecule has 0 aromatic heterocycles. The second-order valence-electron chi connectivity index (χ2n) is 10.3. The van der Waals surface area contributed by atoms with Gasteiger partial charge in [0, 0.05) is 29.9 Å². The van der Waals surface area contributed by atoms with Crippen LogP contribution in [0.15, 0.2) is 127 Å². The van der Waals surface area contributed by atoms with Gasteiger partial charge in [-0.2, -0.15) is 0 Å². The topological polar surface area (TPSA) is 55.8 Å². The predicted molar refractivity (Wildman–Crippen MR) is 168 cm³/mol. The van der Waals surface area contributed by atoms with Crippen LogP contribution in [0.3, 0.4) is 0 Å². The quantitative estimate of drug-likeness (QED) is 0.185. The largest absolute Gasteiger partial charge is 0.439 e. The number of hydrogen-bond acceptors (Lipinski definition) is 5. The molecule has 0 fully saturated rings. The highest BCUT2D eigenvalue weighted by Crippen LogP contribution is 2.56. The van der Waals surface area contributed by atoms with Gasteiger partial charge in [0.1, 0.15) is 11.5 Å². The van der Waals surface area contributed by atoms with E-state index in [1.807, 2.05) is 127 Å². The Labute approximate surface area is 240 Å². The molecular formula is C34H29NO4P2. The fraction of sp³-hybridized carbons (Fsp3) is 0.118. The number of nitrogens with zero attached hydrogens (tertiary/aromatic N) is 1. The summed E-state index contributed by atoms with van der Waals surface area (Å²) < 4.78 is 41.6. The molecule has 0 N–H and O–H groups in total. The van der Waals surface area contributed by atoms with E-state index in [2.05, 4.69) is 4.90 Å². The van der Waals surface area contributed by atoms with Gasteiger partial charge >= 0.3 is 0 Å². The summed E-state index contributed by atoms with van der Waals surface area (Å²) in [6, 6.07) is 41.2. The molecule has 0 saturated carbocycles. The van der Waals surface area contributed by atoms with Crippen molar-refractivity contribution in [3.05, 3.63) is 127 Å². The highest BCUT2D eigenvalue weighted by atomic mass is 31.2. The number of para-hydroxylation sites is 3. The maximum atomic E-state index is 14.5. The summed E-state index contributed by atoms with van der Waals surface area (Å²) in [4.78, 5) is 2.15. The highest BCUT2D eigenvalue weighted by molar-refractivity contribution is 7.68. The van der Waals surface area contributed by atoms with Gasteiger partial charge in [0.2, 0.25) is 0 Å². The minimum Gasteiger partial charge on any atom is -0.439 e. The summed E-state index contributed by atoms with van der Waals surface area (Å²) in [5.41, 5.74) is 4.81. The van der Waals surface area contributed by atoms with E-state index >= 15 is 0 Å². The SMILES string of the molecule is O=P1(CCN(CCP2(=O)Oc3ccccc3-c3ccccc32)c2ccccc2)Oc2ccccc2-c2ccccc21. The normalized spacial score (nSPS) is 19.9. The molecule has 5 aromatic rings. The summed E-state index contributed by atoms with van der Waals surface area (Å²) in [5, 5.41) is 1.50. The number of anilines is 1. The predicted octanol–water partition coefficient (Wildman–Crippen LogP) is 7.82. The Hall–Kier alpha value is -4.04. The Morgan fingerprint density at radius 3 is 1.34 bits per heavy atom. The van der Waals surface area contributed by atoms with E-state index in [0.717, 1.165) is 38.6 Å². The molecule has 5 aromatic carbocycles. The third kappa shape index (κ3) is 4.70. The van der Waals surface area contributed by atoms with Gasteiger partial charge in [-0.3, -0.25) is 9.13 Å². The van der Waals surface area contributed by atoms with Crippen LogP contribution in [-0.2, 0) is 9.13 Å². The third-order valence-electron chi connectivity index (χ3n) is 7.84. The van der Waals surface area contributed by atoms with Gasteiger partial charge in [0.15, 0.2) is 0 Å². The standard InChI is InChI=1S/C34H29NO4P2/c36-40(33-20-10-6-16-29(33)27-14-4-8-18-31(27)38-40)24-22-35(26-12-2-1-3-13-26)23-25-41(37)34-21-11-7-17-30(34)28-15-5-9-19-32(28)39-41/h1-21H,22-25H2. The molecule has 7 heteroatoms. The lowest BCUT2D eigenvalue weighted by Gasteiger charge is -2.33. The van der Waals surface area contributed by atoms with Crippen molar-refractivity contribution in [2.75, 3.05) is 30.3 Å². The molecule has 0 radical (unpaired) electrons. The van der Waals surface area contributed by atoms with E-state index < -0.39 is 14.7 Å². The highest BCUT2D eigenvalue weighted by Gasteiger charge is 2.38. The van der Waals surface area contributed by atoms with Crippen molar-refractivity contribution in [2.45, 2.75) is 0 Å². The van der Waals surface area contributed by atoms with Crippen LogP contribution in [-0.4, -0.2) is 25.4 Å². The van der Waals surface area contributed by atoms with Crippen molar-refractivity contribution in [1.29, 1.82) is 0 Å². The summed E-state index contributed by atoms with van der Waals surface area (Å²) in [6.07, 6.45) is 0.635. The van der Waals surface area contributed by atoms with Crippen molar-refractivity contribution in [1.82, 2.24) is 0 Å². The first-order valence-corrected chi connectivity index (χ1v) is 17.4. The van der Waals surface area contributed by atoms with Gasteiger partial charge in [-0.25, -0.2) is 0 Å². The molecule has 2 heterocycles. The molecule has 2 unspecified atom stereocenters. The Kier molecular flexibility index (Phi) is 6.58. The molecule has 0 amide bonds. The fourth-order valence-corrected chi connectivity index (χ4v) is 10.4. The van der Waals surface area contributed by atoms with Gasteiger partial charge in [-0.05, 0) is 47.5 Å². The molecule has 7 rings (SSSR count). The Balaban J connectivity index is 1.18. The minimum absolute atomic E-state index is 0.317. The summed E-state index contributed by atoms with van der Waals surface area (Å²) in [7, 11) is -6.44. The smallest absolute Gasteiger partial charge is 0.279 e. The zero-order valence-electron chi connectivity index (χ0n) is 22.4. The minimum atomic E-state index is -3.22. The van der Waals surface area contributed by atoms with E-state index in [4.69, 9.17) is 9.05 Å². The summed E-state index contributed by atoms with van der Waals surface area (Å²) in [6.45, 7) is 0.937. The Bertz CT molecular complexity index is 1720. The summed E-state index contributed by atoms with van der Waals surface area (Å²) >= 11 is 0. The van der Waals surface area contributed by atoms with Gasteiger partial charge in [0.25, 0.3) is 14.7 Å². The lowest BCUT2D eigenvalue weighted by molar-refractivity contribution is 0.489. The van der Waals surface area contributed by atoms with E-state index in [1.165, 1.54) is 0 Å². The number of benzene rings is 5. The van der Waals surface area contributed by atoms with Gasteiger partial charge in [-0.15, -0.1) is 0 Å². The van der Waals surface area contributed by atoms with Gasteiger partial charge in [0.05, 0.1) is 22.9 Å². The number of fused-ring (bicyclic) bond motifs is 6. The second kappa shape index (κ2) is 10.4. The molecule has 0 saturated heterocycles. The van der Waals surface area contributed by atoms with Crippen LogP contribution < -0.4 is 24.6 Å². The average molecular weight is 578 g/mol. The van der Waals surface area contributed by atoms with Gasteiger partial charge < -0.3 is 13.9 Å². The van der Waals surface area contributed by atoms with Gasteiger partial charge in [-0.1, -0.05) is 91.0 Å². The van der Waals surface area contributed by atoms with E-state index in [0.29, 0.717) is 36.9 Å². The first-order valence-electron chi connectivity index (χ1n) is 13.8. The monoisotopic (exact) mass is 577 g/mol. The summed E-state index contributed by atoms with van der Waals surface area (Å²) in [5.74, 6) is 1.30. The van der Waals surface area contributed by atoms with Crippen LogP contribution >= 0.6 is 14.7 Å². The van der Waals surface area contributed by atoms with E-state index in [-0.39, 0.29) is 0 Å². The van der Waals surface area contributed by atoms with E-state index in [9.17, 15) is 9.13 Å². The maximum Gasteiger partial charge on any atom is 0.279 e. The van der Waals surface area contributed by atoms with Crippen LogP contribution in [0.2, 0.25) is 0 Å². The van der Waals surface area contributed by atoms with Crippen LogP contribution in [0.5, 0.6) is 11.5 Å². The molecule has 41 heavy (non-hydrogen) atoms. The molecule has 2 aliphatic rings. The molecule has 2 atom stereocenters. The number of rotatable bonds is 7. The Morgan fingerprint density at radius 1 is 0.463 bits per heavy atom. The fourth-order valence-electron chi connectivity index (χ4n) is 5.80. The lowest BCUT2D eigenvalue weighted by atomic mass is 10.0. The lowest BCUT2D eigenvalue weighted by Crippen LogP contribution is -2.34. The maximum absolute atomic E-state index is 14.5. The van der Waals surface area contributed by atoms with Crippen molar-refractivity contribution in [3.63, 3.8) is 0 Å². The average Bonchev–Trinajstić information content (AvgIpc) is 3.02. The molecule has 0 bridgehead atoms. The molecule has 204 valence electrons. The van der Waals surface area contributed by atoms with Crippen molar-refractivity contribution in [3.8, 4) is 33.8 Å². The second-order valence-corrected chi connectivity index (χ2v) is 15.2. The third-order valence-corrected chi connectivity index (χ3v) is 12.6. The first kappa shape index (κ1) is 25.9. The van der Waals surface area contributed by atoms with Crippen molar-refractivity contribution in [2.24, 2.45) is 0 Å². The zero-order valence-corrected chi connectivity index (χ0v) is 24.2. The molecule has 2 aliphatic heterocycles. The van der Waals surface area contributed by atoms with Crippen LogP contribution in [0.25, 0.3) is 22.3 Å². The first-order chi connectivity index (χ1) is 20.0. The zero-order chi connectivity index (χ0) is 27.9.